The van der Waals surface area contributed by atoms with Crippen LogP contribution in [0.25, 0.3) is 0 Å². The summed E-state index contributed by atoms with van der Waals surface area (Å²) in [5, 5.41) is 18.2. The molecule has 1 aromatic carbocycles. The van der Waals surface area contributed by atoms with E-state index in [0.29, 0.717) is 0 Å². The van der Waals surface area contributed by atoms with Crippen molar-refractivity contribution in [2.75, 3.05) is 24.5 Å². The maximum absolute atomic E-state index is 12.8. The first-order valence-electron chi connectivity index (χ1n) is 11.8. The number of hydrogen-bond donors (Lipinski definition) is 2. The first-order chi connectivity index (χ1) is 19.1. The molecule has 1 spiro atoms. The maximum atomic E-state index is 12.8. The van der Waals surface area contributed by atoms with Gasteiger partial charge in [0, 0.05) is 37.8 Å². The Bertz CT molecular complexity index is 1330. The van der Waals surface area contributed by atoms with E-state index in [0.717, 1.165) is 43.9 Å². The van der Waals surface area contributed by atoms with Gasteiger partial charge in [0.25, 0.3) is 5.91 Å². The molecule has 220 valence electrons. The van der Waals surface area contributed by atoms with E-state index >= 15 is 0 Å². The molecule has 0 bridgehead atoms. The third-order valence-electron chi connectivity index (χ3n) is 6.23. The molecule has 5 rings (SSSR count). The number of rotatable bonds is 3. The van der Waals surface area contributed by atoms with Crippen LogP contribution in [0.4, 0.5) is 32.0 Å². The summed E-state index contributed by atoms with van der Waals surface area (Å²) in [6.07, 6.45) is -7.31. The van der Waals surface area contributed by atoms with Crippen LogP contribution in [0.5, 0.6) is 0 Å². The zero-order chi connectivity index (χ0) is 30.4. The number of hydrogen-bond acceptors (Lipinski definition) is 6. The molecule has 1 atom stereocenters. The summed E-state index contributed by atoms with van der Waals surface area (Å²) < 4.78 is 63.5. The normalized spacial score (nSPS) is 17.7. The van der Waals surface area contributed by atoms with Crippen LogP contribution in [-0.2, 0) is 21.5 Å². The quantitative estimate of drug-likeness (QED) is 0.396. The molecule has 1 unspecified atom stereocenters. The topological polar surface area (TPSA) is 111 Å². The number of carbonyl (C=O) groups excluding carboxylic acids is 1. The number of likely N-dealkylation sites (tertiary alicyclic amines) is 1. The molecule has 3 aromatic rings. The highest BCUT2D eigenvalue weighted by molar-refractivity contribution is 7.08. The van der Waals surface area contributed by atoms with Crippen molar-refractivity contribution in [2.45, 2.75) is 30.7 Å². The van der Waals surface area contributed by atoms with Gasteiger partial charge in [-0.2, -0.15) is 37.7 Å². The number of benzene rings is 1. The Morgan fingerprint density at radius 2 is 1.51 bits per heavy atom. The molecule has 0 saturated carbocycles. The van der Waals surface area contributed by atoms with Crippen molar-refractivity contribution in [3.8, 4) is 0 Å². The highest BCUT2D eigenvalue weighted by atomic mass is 32.1. The summed E-state index contributed by atoms with van der Waals surface area (Å²) in [5.41, 5.74) is 4.41. The Kier molecular flexibility index (Phi) is 9.63. The summed E-state index contributed by atoms with van der Waals surface area (Å²) in [5.74, 6) is -5.37. The Morgan fingerprint density at radius 1 is 0.902 bits per heavy atom. The van der Waals surface area contributed by atoms with Crippen molar-refractivity contribution in [3.05, 3.63) is 82.3 Å². The molecule has 2 N–H and O–H groups in total. The Balaban J connectivity index is 0.000000276. The number of anilines is 1. The number of nitrogens with zero attached hydrogens (tertiary/aromatic N) is 3. The van der Waals surface area contributed by atoms with E-state index in [2.05, 4.69) is 41.3 Å². The molecule has 4 heterocycles. The lowest BCUT2D eigenvalue weighted by Crippen LogP contribution is -2.38. The van der Waals surface area contributed by atoms with Crippen molar-refractivity contribution in [1.82, 2.24) is 9.88 Å². The van der Waals surface area contributed by atoms with Crippen LogP contribution in [0.2, 0.25) is 0 Å². The van der Waals surface area contributed by atoms with Crippen LogP contribution in [0.3, 0.4) is 0 Å². The molecule has 1 fully saturated rings. The number of pyridine rings is 1. The zero-order valence-electron chi connectivity index (χ0n) is 21.0. The minimum atomic E-state index is -5.08. The van der Waals surface area contributed by atoms with E-state index in [-0.39, 0.29) is 11.3 Å². The van der Waals surface area contributed by atoms with Crippen molar-refractivity contribution in [1.29, 1.82) is 0 Å². The predicted molar refractivity (Wildman–Crippen MR) is 136 cm³/mol. The lowest BCUT2D eigenvalue weighted by Gasteiger charge is -2.25. The number of aromatic nitrogens is 1. The van der Waals surface area contributed by atoms with Gasteiger partial charge < -0.3 is 20.0 Å². The van der Waals surface area contributed by atoms with Crippen LogP contribution in [0, 0.1) is 0 Å². The summed E-state index contributed by atoms with van der Waals surface area (Å²) >= 11 is 1.57. The van der Waals surface area contributed by atoms with Gasteiger partial charge in [0.05, 0.1) is 22.4 Å². The first kappa shape index (κ1) is 31.4. The number of amides is 1. The fourth-order valence-electron chi connectivity index (χ4n) is 4.47. The molecule has 2 aromatic heterocycles. The van der Waals surface area contributed by atoms with Gasteiger partial charge in [0.15, 0.2) is 0 Å². The van der Waals surface area contributed by atoms with Gasteiger partial charge in [-0.1, -0.05) is 30.3 Å². The zero-order valence-corrected chi connectivity index (χ0v) is 21.8. The summed E-state index contributed by atoms with van der Waals surface area (Å²) in [6, 6.07) is 16.7. The average Bonchev–Trinajstić information content (AvgIpc) is 3.65. The van der Waals surface area contributed by atoms with Crippen molar-refractivity contribution < 1.29 is 50.9 Å². The van der Waals surface area contributed by atoms with Gasteiger partial charge in [-0.25, -0.2) is 9.59 Å². The Labute approximate surface area is 233 Å². The fraction of sp³-hybridized carbons (Fsp3) is 0.308. The minimum absolute atomic E-state index is 0.0585. The molecule has 15 heteroatoms. The monoisotopic (exact) mass is 603 g/mol. The second-order valence-corrected chi connectivity index (χ2v) is 9.87. The Morgan fingerprint density at radius 3 is 2.05 bits per heavy atom. The second kappa shape index (κ2) is 12.6. The number of carbonyl (C=O) groups is 3. The van der Waals surface area contributed by atoms with Gasteiger partial charge in [0.2, 0.25) is 0 Å². The van der Waals surface area contributed by atoms with Gasteiger partial charge in [-0.15, -0.1) is 0 Å². The van der Waals surface area contributed by atoms with Crippen LogP contribution >= 0.6 is 11.3 Å². The van der Waals surface area contributed by atoms with Crippen LogP contribution in [0.1, 0.15) is 28.0 Å². The molecule has 0 aliphatic carbocycles. The second-order valence-electron chi connectivity index (χ2n) is 9.09. The maximum Gasteiger partial charge on any atom is 0.490 e. The number of carboxylic acids is 2. The highest BCUT2D eigenvalue weighted by Gasteiger charge is 2.49. The number of carboxylic acid groups (broad SMARTS) is 2. The molecule has 41 heavy (non-hydrogen) atoms. The Hall–Kier alpha value is -4.14. The number of thiophene rings is 1. The highest BCUT2D eigenvalue weighted by Crippen LogP contribution is 2.45. The van der Waals surface area contributed by atoms with E-state index in [1.165, 1.54) is 11.3 Å². The van der Waals surface area contributed by atoms with Gasteiger partial charge >= 0.3 is 24.3 Å². The molecular formula is C26H23F6N3O5S. The van der Waals surface area contributed by atoms with E-state index in [1.54, 1.807) is 11.3 Å². The molecule has 8 nitrogen and oxygen atoms in total. The molecule has 2 aliphatic heterocycles. The largest absolute Gasteiger partial charge is 0.490 e. The van der Waals surface area contributed by atoms with E-state index in [1.807, 2.05) is 34.0 Å². The molecular weight excluding hydrogens is 580 g/mol. The van der Waals surface area contributed by atoms with E-state index < -0.39 is 24.3 Å². The summed E-state index contributed by atoms with van der Waals surface area (Å²) in [6.45, 7) is 3.34. The number of aliphatic carboxylic acids is 2. The first-order valence-corrected chi connectivity index (χ1v) is 12.7. The van der Waals surface area contributed by atoms with Crippen LogP contribution in [-0.4, -0.2) is 69.9 Å². The fourth-order valence-corrected chi connectivity index (χ4v) is 5.10. The molecule has 0 radical (unpaired) electrons. The number of fused-ring (bicyclic) bond motifs is 2. The number of alkyl halides is 6. The van der Waals surface area contributed by atoms with Gasteiger partial charge in [0.1, 0.15) is 0 Å². The van der Waals surface area contributed by atoms with Crippen LogP contribution in [0.15, 0.2) is 65.5 Å². The summed E-state index contributed by atoms with van der Waals surface area (Å²) in [7, 11) is 0. The predicted octanol–water partition coefficient (Wildman–Crippen LogP) is 5.21. The van der Waals surface area contributed by atoms with Gasteiger partial charge in [-0.3, -0.25) is 9.78 Å². The average molecular weight is 604 g/mol. The molecule has 1 amide bonds. The number of halogens is 6. The van der Waals surface area contributed by atoms with E-state index in [9.17, 15) is 31.1 Å². The molecule has 2 aliphatic rings. The molecule has 1 saturated heterocycles. The smallest absolute Gasteiger partial charge is 0.475 e. The van der Waals surface area contributed by atoms with Crippen molar-refractivity contribution in [3.63, 3.8) is 0 Å². The lowest BCUT2D eigenvalue weighted by molar-refractivity contribution is -0.193. The van der Waals surface area contributed by atoms with Crippen LogP contribution < -0.4 is 4.90 Å². The standard InChI is InChI=1S/C22H21N3OS.2C2HF3O2/c26-21(18-8-12-27-14-18)24-11-9-22(15-24)16-25(13-17-5-2-1-3-6-17)19-7-4-10-23-20(19)22;2*3-2(4,5)1(6)7/h1-8,10,12,14H,9,11,13,15-16H2;2*(H,6,7). The van der Waals surface area contributed by atoms with Crippen molar-refractivity contribution >= 4 is 34.9 Å². The third kappa shape index (κ3) is 7.96. The van der Waals surface area contributed by atoms with Gasteiger partial charge in [-0.05, 0) is 35.6 Å². The third-order valence-corrected chi connectivity index (χ3v) is 6.92. The van der Waals surface area contributed by atoms with E-state index in [4.69, 9.17) is 24.8 Å². The van der Waals surface area contributed by atoms with Crippen molar-refractivity contribution in [2.24, 2.45) is 0 Å². The lowest BCUT2D eigenvalue weighted by atomic mass is 9.85. The summed E-state index contributed by atoms with van der Waals surface area (Å²) in [4.78, 5) is 39.8. The SMILES string of the molecule is O=C(O)C(F)(F)F.O=C(O)C(F)(F)F.O=C(c1ccsc1)N1CCC2(C1)CN(Cc1ccccc1)c1cccnc12. The minimum Gasteiger partial charge on any atom is -0.475 e.